The fraction of sp³-hybridized carbons (Fsp3) is 0.100. The fourth-order valence-corrected chi connectivity index (χ4v) is 1.85. The van der Waals surface area contributed by atoms with E-state index in [9.17, 15) is 14.5 Å². The van der Waals surface area contributed by atoms with Crippen LogP contribution in [0, 0.1) is 19.5 Å². The highest BCUT2D eigenvalue weighted by Gasteiger charge is 2.17. The lowest BCUT2D eigenvalue weighted by atomic mass is 10.2. The second-order valence-corrected chi connectivity index (χ2v) is 4.63. The zero-order valence-electron chi connectivity index (χ0n) is 8.98. The predicted molar refractivity (Wildman–Crippen MR) is 71.7 cm³/mol. The van der Waals surface area contributed by atoms with Crippen LogP contribution in [0.15, 0.2) is 24.7 Å². The summed E-state index contributed by atoms with van der Waals surface area (Å²) >= 11 is 1.72. The number of imidazole rings is 1. The van der Waals surface area contributed by atoms with Crippen LogP contribution in [0.1, 0.15) is 5.69 Å². The number of H-pyrrole nitrogens is 1. The van der Waals surface area contributed by atoms with E-state index in [1.807, 2.05) is 0 Å². The van der Waals surface area contributed by atoms with E-state index in [1.54, 1.807) is 28.8 Å². The smallest absolute Gasteiger partial charge is 0.293 e. The van der Waals surface area contributed by atoms with Crippen molar-refractivity contribution in [3.63, 3.8) is 0 Å². The molecule has 0 unspecified atom stereocenters. The van der Waals surface area contributed by atoms with Crippen LogP contribution in [-0.2, 0) is 6.54 Å². The summed E-state index contributed by atoms with van der Waals surface area (Å²) in [6.45, 7) is 0.306. The van der Waals surface area contributed by atoms with Crippen molar-refractivity contribution in [2.24, 2.45) is 0 Å². The van der Waals surface area contributed by atoms with Crippen LogP contribution in [0.5, 0.6) is 0 Å². The van der Waals surface area contributed by atoms with Crippen LogP contribution in [0.4, 0.5) is 15.8 Å². The second-order valence-electron chi connectivity index (χ2n) is 3.47. The number of halogens is 2. The molecule has 0 aliphatic rings. The molecule has 2 aromatic rings. The van der Waals surface area contributed by atoms with Gasteiger partial charge < -0.3 is 10.3 Å². The van der Waals surface area contributed by atoms with E-state index < -0.39 is 10.7 Å². The van der Waals surface area contributed by atoms with Crippen molar-refractivity contribution in [2.45, 2.75) is 6.54 Å². The van der Waals surface area contributed by atoms with Gasteiger partial charge in [0.05, 0.1) is 27.1 Å². The summed E-state index contributed by atoms with van der Waals surface area (Å²) in [7, 11) is 0. The number of benzene rings is 1. The van der Waals surface area contributed by atoms with Gasteiger partial charge in [0.25, 0.3) is 5.69 Å². The molecular formula is C10H8FIN4O2. The van der Waals surface area contributed by atoms with Gasteiger partial charge in [0.15, 0.2) is 0 Å². The summed E-state index contributed by atoms with van der Waals surface area (Å²) in [4.78, 5) is 17.0. The van der Waals surface area contributed by atoms with Crippen molar-refractivity contribution >= 4 is 34.0 Å². The molecule has 2 rings (SSSR count). The molecule has 18 heavy (non-hydrogen) atoms. The van der Waals surface area contributed by atoms with Crippen molar-refractivity contribution in [1.82, 2.24) is 9.97 Å². The first kappa shape index (κ1) is 12.7. The van der Waals surface area contributed by atoms with Crippen molar-refractivity contribution in [3.8, 4) is 0 Å². The quantitative estimate of drug-likeness (QED) is 0.498. The lowest BCUT2D eigenvalue weighted by Crippen LogP contribution is -2.04. The zero-order chi connectivity index (χ0) is 13.1. The third-order valence-corrected chi connectivity index (χ3v) is 3.09. The first-order chi connectivity index (χ1) is 8.58. The average molecular weight is 362 g/mol. The van der Waals surface area contributed by atoms with Gasteiger partial charge in [-0.3, -0.25) is 10.1 Å². The van der Waals surface area contributed by atoms with Gasteiger partial charge in [0.1, 0.15) is 11.5 Å². The van der Waals surface area contributed by atoms with Crippen molar-refractivity contribution < 1.29 is 9.31 Å². The Kier molecular flexibility index (Phi) is 3.75. The van der Waals surface area contributed by atoms with Crippen molar-refractivity contribution in [3.05, 3.63) is 49.9 Å². The number of hydrogen-bond donors (Lipinski definition) is 2. The maximum atomic E-state index is 13.4. The zero-order valence-corrected chi connectivity index (χ0v) is 11.1. The summed E-state index contributed by atoms with van der Waals surface area (Å²) in [6.07, 6.45) is 3.09. The standard InChI is InChI=1S/C10H8FIN4O2/c11-7-1-9(10(16(17)18)2-8(7)12)14-4-6-3-13-5-15-6/h1-3,5,14H,4H2,(H,13,15). The molecule has 0 saturated carbocycles. The summed E-state index contributed by atoms with van der Waals surface area (Å²) in [6, 6.07) is 2.32. The summed E-state index contributed by atoms with van der Waals surface area (Å²) in [5.41, 5.74) is 0.746. The van der Waals surface area contributed by atoms with Gasteiger partial charge in [0, 0.05) is 18.3 Å². The molecule has 0 fully saturated rings. The van der Waals surface area contributed by atoms with E-state index in [4.69, 9.17) is 0 Å². The number of rotatable bonds is 4. The number of aromatic nitrogens is 2. The first-order valence-electron chi connectivity index (χ1n) is 4.92. The van der Waals surface area contributed by atoms with Crippen LogP contribution in [0.2, 0.25) is 0 Å². The van der Waals surface area contributed by atoms with E-state index >= 15 is 0 Å². The Hall–Kier alpha value is -1.71. The van der Waals surface area contributed by atoms with Gasteiger partial charge in [-0.2, -0.15) is 0 Å². The maximum Gasteiger partial charge on any atom is 0.293 e. The van der Waals surface area contributed by atoms with Gasteiger partial charge in [-0.1, -0.05) is 0 Å². The van der Waals surface area contributed by atoms with Crippen molar-refractivity contribution in [1.29, 1.82) is 0 Å². The van der Waals surface area contributed by atoms with E-state index in [0.717, 1.165) is 11.8 Å². The van der Waals surface area contributed by atoms with Crippen LogP contribution in [0.3, 0.4) is 0 Å². The molecule has 0 saturated heterocycles. The Bertz CT molecular complexity index is 574. The average Bonchev–Trinajstić information content (AvgIpc) is 2.83. The molecule has 1 heterocycles. The maximum absolute atomic E-state index is 13.4. The van der Waals surface area contributed by atoms with Crippen LogP contribution >= 0.6 is 22.6 Å². The van der Waals surface area contributed by atoms with Crippen LogP contribution in [0.25, 0.3) is 0 Å². The molecular weight excluding hydrogens is 354 g/mol. The molecule has 0 spiro atoms. The molecule has 6 nitrogen and oxygen atoms in total. The number of nitrogens with one attached hydrogen (secondary N) is 2. The monoisotopic (exact) mass is 362 g/mol. The fourth-order valence-electron chi connectivity index (χ4n) is 1.40. The third-order valence-electron chi connectivity index (χ3n) is 2.26. The Morgan fingerprint density at radius 2 is 2.33 bits per heavy atom. The highest BCUT2D eigenvalue weighted by atomic mass is 127. The topological polar surface area (TPSA) is 83.8 Å². The minimum absolute atomic E-state index is 0.146. The molecule has 1 aromatic heterocycles. The molecule has 1 aromatic carbocycles. The molecule has 0 radical (unpaired) electrons. The Balaban J connectivity index is 2.25. The van der Waals surface area contributed by atoms with Gasteiger partial charge in [0.2, 0.25) is 0 Å². The van der Waals surface area contributed by atoms with Gasteiger partial charge >= 0.3 is 0 Å². The molecule has 0 atom stereocenters. The minimum atomic E-state index is -0.545. The lowest BCUT2D eigenvalue weighted by Gasteiger charge is -2.06. The third kappa shape index (κ3) is 2.75. The minimum Gasteiger partial charge on any atom is -0.374 e. The molecule has 8 heteroatoms. The van der Waals surface area contributed by atoms with Crippen LogP contribution in [-0.4, -0.2) is 14.9 Å². The van der Waals surface area contributed by atoms with E-state index in [1.165, 1.54) is 12.4 Å². The number of nitro groups is 1. The van der Waals surface area contributed by atoms with E-state index in [2.05, 4.69) is 15.3 Å². The summed E-state index contributed by atoms with van der Waals surface area (Å²) < 4.78 is 13.6. The Morgan fingerprint density at radius 1 is 1.56 bits per heavy atom. The largest absolute Gasteiger partial charge is 0.374 e. The molecule has 2 N–H and O–H groups in total. The molecule has 0 aliphatic heterocycles. The highest BCUT2D eigenvalue weighted by molar-refractivity contribution is 14.1. The number of anilines is 1. The molecule has 0 aliphatic carbocycles. The van der Waals surface area contributed by atoms with Gasteiger partial charge in [-0.25, -0.2) is 9.37 Å². The number of nitro benzene ring substituents is 1. The molecule has 0 bridgehead atoms. The number of nitrogens with zero attached hydrogens (tertiary/aromatic N) is 2. The second kappa shape index (κ2) is 5.29. The predicted octanol–water partition coefficient (Wildman–Crippen LogP) is 2.67. The summed E-state index contributed by atoms with van der Waals surface area (Å²) in [5, 5.41) is 13.7. The SMILES string of the molecule is O=[N+]([O-])c1cc(I)c(F)cc1NCc1cnc[nH]1. The van der Waals surface area contributed by atoms with E-state index in [-0.39, 0.29) is 14.9 Å². The Labute approximate surface area is 115 Å². The van der Waals surface area contributed by atoms with E-state index in [0.29, 0.717) is 6.54 Å². The summed E-state index contributed by atoms with van der Waals surface area (Å²) in [5.74, 6) is -0.492. The van der Waals surface area contributed by atoms with Crippen molar-refractivity contribution in [2.75, 3.05) is 5.32 Å². The van der Waals surface area contributed by atoms with Crippen LogP contribution < -0.4 is 5.32 Å². The highest BCUT2D eigenvalue weighted by Crippen LogP contribution is 2.28. The number of aromatic amines is 1. The lowest BCUT2D eigenvalue weighted by molar-refractivity contribution is -0.384. The molecule has 0 amide bonds. The molecule has 94 valence electrons. The Morgan fingerprint density at radius 3 is 2.94 bits per heavy atom. The number of hydrogen-bond acceptors (Lipinski definition) is 4. The van der Waals surface area contributed by atoms with Gasteiger partial charge in [-0.15, -0.1) is 0 Å². The first-order valence-corrected chi connectivity index (χ1v) is 6.00. The van der Waals surface area contributed by atoms with Gasteiger partial charge in [-0.05, 0) is 22.6 Å². The normalized spacial score (nSPS) is 10.3.